The minimum atomic E-state index is -0.953. The largest absolute Gasteiger partial charge is 0.497 e. The van der Waals surface area contributed by atoms with Crippen LogP contribution in [0.5, 0.6) is 5.75 Å². The third-order valence-corrected chi connectivity index (χ3v) is 3.72. The number of hydrogen-bond donors (Lipinski definition) is 3. The SMILES string of the molecule is COc1ccc2[nH]c3c(c2c1)CC(NC(=O)O)CC3. The number of ether oxygens (including phenoxy) is 1. The van der Waals surface area contributed by atoms with E-state index in [0.29, 0.717) is 0 Å². The van der Waals surface area contributed by atoms with Crippen LogP contribution in [0.2, 0.25) is 0 Å². The van der Waals surface area contributed by atoms with Gasteiger partial charge in [-0.05, 0) is 43.0 Å². The molecule has 19 heavy (non-hydrogen) atoms. The first-order chi connectivity index (χ1) is 9.17. The number of benzene rings is 1. The highest BCUT2D eigenvalue weighted by molar-refractivity contribution is 5.86. The third-order valence-electron chi connectivity index (χ3n) is 3.72. The molecule has 2 aromatic rings. The van der Waals surface area contributed by atoms with E-state index in [1.807, 2.05) is 18.2 Å². The summed E-state index contributed by atoms with van der Waals surface area (Å²) in [6.07, 6.45) is 1.49. The van der Waals surface area contributed by atoms with Crippen LogP contribution in [0.25, 0.3) is 10.9 Å². The van der Waals surface area contributed by atoms with Gasteiger partial charge in [0.15, 0.2) is 0 Å². The summed E-state index contributed by atoms with van der Waals surface area (Å²) < 4.78 is 5.25. The summed E-state index contributed by atoms with van der Waals surface area (Å²) in [6, 6.07) is 5.94. The van der Waals surface area contributed by atoms with Crippen LogP contribution in [0, 0.1) is 0 Å². The van der Waals surface area contributed by atoms with Crippen LogP contribution in [0.15, 0.2) is 18.2 Å². The minimum absolute atomic E-state index is 0.00444. The predicted octanol–water partition coefficient (Wildman–Crippen LogP) is 2.30. The average Bonchev–Trinajstić information content (AvgIpc) is 2.75. The molecule has 0 radical (unpaired) electrons. The first-order valence-corrected chi connectivity index (χ1v) is 6.34. The maximum absolute atomic E-state index is 10.7. The third kappa shape index (κ3) is 2.12. The van der Waals surface area contributed by atoms with E-state index in [9.17, 15) is 4.79 Å². The van der Waals surface area contributed by atoms with E-state index >= 15 is 0 Å². The molecule has 0 fully saturated rings. The molecule has 0 spiro atoms. The number of rotatable bonds is 2. The minimum Gasteiger partial charge on any atom is -0.497 e. The Labute approximate surface area is 110 Å². The summed E-state index contributed by atoms with van der Waals surface area (Å²) in [4.78, 5) is 14.2. The number of hydrogen-bond acceptors (Lipinski definition) is 2. The van der Waals surface area contributed by atoms with Crippen molar-refractivity contribution in [3.8, 4) is 5.75 Å². The maximum atomic E-state index is 10.7. The zero-order valence-corrected chi connectivity index (χ0v) is 10.7. The van der Waals surface area contributed by atoms with E-state index < -0.39 is 6.09 Å². The number of amides is 1. The molecular weight excluding hydrogens is 244 g/mol. The molecule has 1 aliphatic carbocycles. The highest BCUT2D eigenvalue weighted by Crippen LogP contribution is 2.31. The summed E-state index contributed by atoms with van der Waals surface area (Å²) in [5.41, 5.74) is 3.51. The molecule has 0 saturated carbocycles. The molecule has 1 amide bonds. The zero-order valence-electron chi connectivity index (χ0n) is 10.7. The maximum Gasteiger partial charge on any atom is 0.404 e. The van der Waals surface area contributed by atoms with Crippen LogP contribution in [-0.2, 0) is 12.8 Å². The Morgan fingerprint density at radius 1 is 1.53 bits per heavy atom. The second-order valence-electron chi connectivity index (χ2n) is 4.88. The van der Waals surface area contributed by atoms with Gasteiger partial charge in [0.25, 0.3) is 0 Å². The van der Waals surface area contributed by atoms with Crippen LogP contribution in [-0.4, -0.2) is 29.3 Å². The molecular formula is C14H16N2O3. The number of aryl methyl sites for hydroxylation is 1. The van der Waals surface area contributed by atoms with Crippen molar-refractivity contribution in [1.82, 2.24) is 10.3 Å². The summed E-state index contributed by atoms with van der Waals surface area (Å²) >= 11 is 0. The van der Waals surface area contributed by atoms with Crippen molar-refractivity contribution in [3.05, 3.63) is 29.5 Å². The number of aromatic amines is 1. The number of aromatic nitrogens is 1. The molecule has 1 unspecified atom stereocenters. The molecule has 1 aromatic heterocycles. The molecule has 100 valence electrons. The van der Waals surface area contributed by atoms with Crippen LogP contribution in [0.3, 0.4) is 0 Å². The van der Waals surface area contributed by atoms with Crippen molar-refractivity contribution < 1.29 is 14.6 Å². The average molecular weight is 260 g/mol. The zero-order chi connectivity index (χ0) is 13.4. The standard InChI is InChI=1S/C14H16N2O3/c1-19-9-3-5-13-11(7-9)10-6-8(15-14(17)18)2-4-12(10)16-13/h3,5,7-8,15-16H,2,4,6H2,1H3,(H,17,18). The van der Waals surface area contributed by atoms with Gasteiger partial charge in [-0.25, -0.2) is 4.79 Å². The molecule has 5 nitrogen and oxygen atoms in total. The summed E-state index contributed by atoms with van der Waals surface area (Å²) in [5, 5.41) is 12.5. The van der Waals surface area contributed by atoms with Crippen LogP contribution in [0.4, 0.5) is 4.79 Å². The van der Waals surface area contributed by atoms with Gasteiger partial charge in [-0.3, -0.25) is 0 Å². The highest BCUT2D eigenvalue weighted by Gasteiger charge is 2.23. The van der Waals surface area contributed by atoms with Crippen molar-refractivity contribution in [3.63, 3.8) is 0 Å². The van der Waals surface area contributed by atoms with Gasteiger partial charge in [-0.15, -0.1) is 0 Å². The van der Waals surface area contributed by atoms with Crippen molar-refractivity contribution in [2.45, 2.75) is 25.3 Å². The fourth-order valence-electron chi connectivity index (χ4n) is 2.82. The molecule has 5 heteroatoms. The van der Waals surface area contributed by atoms with Crippen molar-refractivity contribution in [2.24, 2.45) is 0 Å². The Hall–Kier alpha value is -2.17. The quantitative estimate of drug-likeness (QED) is 0.775. The molecule has 0 bridgehead atoms. The second kappa shape index (κ2) is 4.50. The number of H-pyrrole nitrogens is 1. The number of nitrogens with one attached hydrogen (secondary N) is 2. The smallest absolute Gasteiger partial charge is 0.404 e. The monoisotopic (exact) mass is 260 g/mol. The van der Waals surface area contributed by atoms with Crippen LogP contribution < -0.4 is 10.1 Å². The van der Waals surface area contributed by atoms with E-state index in [1.54, 1.807) is 7.11 Å². The number of methoxy groups -OCH3 is 1. The number of carbonyl (C=O) groups is 1. The van der Waals surface area contributed by atoms with Gasteiger partial charge in [-0.2, -0.15) is 0 Å². The van der Waals surface area contributed by atoms with Gasteiger partial charge in [0.05, 0.1) is 7.11 Å². The molecule has 3 N–H and O–H groups in total. The molecule has 1 atom stereocenters. The Kier molecular flexibility index (Phi) is 2.81. The lowest BCUT2D eigenvalue weighted by Crippen LogP contribution is -2.37. The lowest BCUT2D eigenvalue weighted by atomic mass is 9.91. The molecule has 0 saturated heterocycles. The normalized spacial score (nSPS) is 18.1. The topological polar surface area (TPSA) is 74.3 Å². The van der Waals surface area contributed by atoms with Gasteiger partial charge in [0.2, 0.25) is 0 Å². The van der Waals surface area contributed by atoms with E-state index in [4.69, 9.17) is 9.84 Å². The second-order valence-corrected chi connectivity index (χ2v) is 4.88. The highest BCUT2D eigenvalue weighted by atomic mass is 16.5. The number of fused-ring (bicyclic) bond motifs is 3. The summed E-state index contributed by atoms with van der Waals surface area (Å²) in [6.45, 7) is 0. The molecule has 1 heterocycles. The van der Waals surface area contributed by atoms with Crippen molar-refractivity contribution >= 4 is 17.0 Å². The van der Waals surface area contributed by atoms with Crippen molar-refractivity contribution in [1.29, 1.82) is 0 Å². The van der Waals surface area contributed by atoms with Gasteiger partial charge < -0.3 is 20.1 Å². The Morgan fingerprint density at radius 2 is 2.37 bits per heavy atom. The fourth-order valence-corrected chi connectivity index (χ4v) is 2.82. The van der Waals surface area contributed by atoms with Gasteiger partial charge >= 0.3 is 6.09 Å². The predicted molar refractivity (Wildman–Crippen MR) is 71.8 cm³/mol. The van der Waals surface area contributed by atoms with Crippen LogP contribution in [0.1, 0.15) is 17.7 Å². The molecule has 0 aliphatic heterocycles. The van der Waals surface area contributed by atoms with E-state index in [2.05, 4.69) is 10.3 Å². The lowest BCUT2D eigenvalue weighted by Gasteiger charge is -2.22. The first kappa shape index (κ1) is 11.9. The van der Waals surface area contributed by atoms with Crippen molar-refractivity contribution in [2.75, 3.05) is 7.11 Å². The van der Waals surface area contributed by atoms with Gasteiger partial charge in [-0.1, -0.05) is 0 Å². The lowest BCUT2D eigenvalue weighted by molar-refractivity contribution is 0.188. The Morgan fingerprint density at radius 3 is 3.11 bits per heavy atom. The molecule has 1 aliphatic rings. The molecule has 3 rings (SSSR count). The first-order valence-electron chi connectivity index (χ1n) is 6.34. The van der Waals surface area contributed by atoms with Gasteiger partial charge in [0.1, 0.15) is 5.75 Å². The summed E-state index contributed by atoms with van der Waals surface area (Å²) in [7, 11) is 1.65. The van der Waals surface area contributed by atoms with Crippen LogP contribution >= 0.6 is 0 Å². The number of carboxylic acid groups (broad SMARTS) is 1. The van der Waals surface area contributed by atoms with E-state index in [0.717, 1.165) is 35.9 Å². The Bertz CT molecular complexity index is 633. The fraction of sp³-hybridized carbons (Fsp3) is 0.357. The molecule has 1 aromatic carbocycles. The van der Waals surface area contributed by atoms with E-state index in [1.165, 1.54) is 11.3 Å². The van der Waals surface area contributed by atoms with Gasteiger partial charge in [0, 0.05) is 22.6 Å². The van der Waals surface area contributed by atoms with E-state index in [-0.39, 0.29) is 6.04 Å². The Balaban J connectivity index is 1.99. The summed E-state index contributed by atoms with van der Waals surface area (Å²) in [5.74, 6) is 0.822.